The summed E-state index contributed by atoms with van der Waals surface area (Å²) in [6, 6.07) is 9.27. The van der Waals surface area contributed by atoms with Crippen LogP contribution in [0.4, 0.5) is 11.5 Å². The third-order valence-electron chi connectivity index (χ3n) is 3.07. The number of rotatable bonds is 3. The SMILES string of the molecule is COc1ccc(Cl)cc1Nc1ncnc2c(Br)cc(Br)cc12. The number of methoxy groups -OCH3 is 1. The van der Waals surface area contributed by atoms with E-state index < -0.39 is 0 Å². The average Bonchev–Trinajstić information content (AvgIpc) is 2.48. The molecule has 1 aromatic heterocycles. The van der Waals surface area contributed by atoms with E-state index >= 15 is 0 Å². The number of benzene rings is 2. The van der Waals surface area contributed by atoms with Crippen LogP contribution in [0.1, 0.15) is 0 Å². The lowest BCUT2D eigenvalue weighted by molar-refractivity contribution is 0.417. The van der Waals surface area contributed by atoms with Crippen LogP contribution in [0.25, 0.3) is 10.9 Å². The van der Waals surface area contributed by atoms with Gasteiger partial charge in [0.2, 0.25) is 0 Å². The van der Waals surface area contributed by atoms with E-state index in [9.17, 15) is 0 Å². The van der Waals surface area contributed by atoms with Gasteiger partial charge in [0.15, 0.2) is 0 Å². The molecule has 0 aliphatic carbocycles. The molecule has 0 unspecified atom stereocenters. The minimum atomic E-state index is 0.615. The quantitative estimate of drug-likeness (QED) is 0.576. The third kappa shape index (κ3) is 3.04. The van der Waals surface area contributed by atoms with E-state index in [1.165, 1.54) is 6.33 Å². The van der Waals surface area contributed by atoms with Crippen molar-refractivity contribution in [3.05, 3.63) is 50.6 Å². The Hall–Kier alpha value is -1.37. The smallest absolute Gasteiger partial charge is 0.142 e. The Morgan fingerprint density at radius 1 is 1.14 bits per heavy atom. The second kappa shape index (κ2) is 6.40. The Morgan fingerprint density at radius 2 is 1.95 bits per heavy atom. The average molecular weight is 444 g/mol. The summed E-state index contributed by atoms with van der Waals surface area (Å²) in [4.78, 5) is 8.64. The summed E-state index contributed by atoms with van der Waals surface area (Å²) in [5.74, 6) is 1.36. The first-order valence-corrected chi connectivity index (χ1v) is 8.25. The minimum Gasteiger partial charge on any atom is -0.495 e. The zero-order valence-corrected chi connectivity index (χ0v) is 15.3. The van der Waals surface area contributed by atoms with Crippen molar-refractivity contribution in [2.24, 2.45) is 0 Å². The van der Waals surface area contributed by atoms with Crippen molar-refractivity contribution in [3.63, 3.8) is 0 Å². The second-order valence-corrected chi connectivity index (χ2v) is 6.68. The maximum absolute atomic E-state index is 6.07. The lowest BCUT2D eigenvalue weighted by atomic mass is 10.2. The fourth-order valence-corrected chi connectivity index (χ4v) is 3.60. The van der Waals surface area contributed by atoms with Gasteiger partial charge in [0.05, 0.1) is 18.3 Å². The Labute approximate surface area is 149 Å². The number of nitrogens with zero attached hydrogens (tertiary/aromatic N) is 2. The van der Waals surface area contributed by atoms with Gasteiger partial charge in [0.1, 0.15) is 17.9 Å². The van der Waals surface area contributed by atoms with Gasteiger partial charge in [-0.15, -0.1) is 0 Å². The molecule has 0 saturated carbocycles. The van der Waals surface area contributed by atoms with Gasteiger partial charge in [-0.3, -0.25) is 0 Å². The van der Waals surface area contributed by atoms with Gasteiger partial charge in [-0.05, 0) is 46.3 Å². The molecule has 1 heterocycles. The van der Waals surface area contributed by atoms with Crippen LogP contribution >= 0.6 is 43.5 Å². The van der Waals surface area contributed by atoms with Crippen LogP contribution in [0.2, 0.25) is 5.02 Å². The minimum absolute atomic E-state index is 0.615. The van der Waals surface area contributed by atoms with Crippen LogP contribution in [0.3, 0.4) is 0 Å². The molecule has 0 aliphatic rings. The van der Waals surface area contributed by atoms with Gasteiger partial charge in [-0.2, -0.15) is 0 Å². The van der Waals surface area contributed by atoms with Crippen molar-refractivity contribution in [2.45, 2.75) is 0 Å². The molecule has 0 spiro atoms. The fourth-order valence-electron chi connectivity index (χ4n) is 2.10. The largest absolute Gasteiger partial charge is 0.495 e. The maximum atomic E-state index is 6.07. The molecule has 0 saturated heterocycles. The van der Waals surface area contributed by atoms with Gasteiger partial charge in [-0.25, -0.2) is 9.97 Å². The molecule has 3 rings (SSSR count). The Bertz CT molecular complexity index is 858. The van der Waals surface area contributed by atoms with Gasteiger partial charge >= 0.3 is 0 Å². The van der Waals surface area contributed by atoms with Gasteiger partial charge < -0.3 is 10.1 Å². The maximum Gasteiger partial charge on any atom is 0.142 e. The van der Waals surface area contributed by atoms with Crippen LogP contribution in [0.5, 0.6) is 5.75 Å². The normalized spacial score (nSPS) is 10.7. The Kier molecular flexibility index (Phi) is 4.52. The van der Waals surface area contributed by atoms with Crippen molar-refractivity contribution in [1.82, 2.24) is 9.97 Å². The molecule has 0 aliphatic heterocycles. The fraction of sp³-hybridized carbons (Fsp3) is 0.0667. The van der Waals surface area contributed by atoms with Crippen LogP contribution < -0.4 is 10.1 Å². The highest BCUT2D eigenvalue weighted by Crippen LogP contribution is 2.34. The van der Waals surface area contributed by atoms with Crippen molar-refractivity contribution in [3.8, 4) is 5.75 Å². The zero-order chi connectivity index (χ0) is 15.7. The van der Waals surface area contributed by atoms with E-state index in [2.05, 4.69) is 47.1 Å². The molecule has 112 valence electrons. The topological polar surface area (TPSA) is 47.0 Å². The van der Waals surface area contributed by atoms with Crippen LogP contribution in [-0.2, 0) is 0 Å². The molecule has 0 atom stereocenters. The summed E-state index contributed by atoms with van der Waals surface area (Å²) in [5, 5.41) is 4.75. The number of ether oxygens (including phenoxy) is 1. The van der Waals surface area contributed by atoms with Crippen LogP contribution in [0.15, 0.2) is 45.6 Å². The molecule has 1 N–H and O–H groups in total. The Balaban J connectivity index is 2.14. The lowest BCUT2D eigenvalue weighted by Crippen LogP contribution is -1.98. The van der Waals surface area contributed by atoms with E-state index in [1.807, 2.05) is 12.1 Å². The molecule has 4 nitrogen and oxygen atoms in total. The summed E-state index contributed by atoms with van der Waals surface area (Å²) in [5.41, 5.74) is 1.56. The molecule has 3 aromatic rings. The molecule has 0 bridgehead atoms. The molecular formula is C15H10Br2ClN3O. The number of aromatic nitrogens is 2. The Morgan fingerprint density at radius 3 is 2.73 bits per heavy atom. The number of nitrogens with one attached hydrogen (secondary N) is 1. The first kappa shape index (κ1) is 15.5. The lowest BCUT2D eigenvalue weighted by Gasteiger charge is -2.13. The summed E-state index contributed by atoms with van der Waals surface area (Å²) in [7, 11) is 1.61. The van der Waals surface area contributed by atoms with Crippen molar-refractivity contribution < 1.29 is 4.74 Å². The molecule has 7 heteroatoms. The third-order valence-corrected chi connectivity index (χ3v) is 4.37. The highest BCUT2D eigenvalue weighted by Gasteiger charge is 2.11. The summed E-state index contributed by atoms with van der Waals surface area (Å²) in [6.07, 6.45) is 1.51. The van der Waals surface area contributed by atoms with E-state index in [-0.39, 0.29) is 0 Å². The first-order chi connectivity index (χ1) is 10.6. The number of hydrogen-bond donors (Lipinski definition) is 1. The van der Waals surface area contributed by atoms with E-state index in [0.717, 1.165) is 25.5 Å². The molecular weight excluding hydrogens is 433 g/mol. The van der Waals surface area contributed by atoms with E-state index in [4.69, 9.17) is 16.3 Å². The van der Waals surface area contributed by atoms with Gasteiger partial charge in [0, 0.05) is 19.4 Å². The number of anilines is 2. The van der Waals surface area contributed by atoms with Gasteiger partial charge in [0.25, 0.3) is 0 Å². The molecule has 0 amide bonds. The van der Waals surface area contributed by atoms with E-state index in [0.29, 0.717) is 16.6 Å². The second-order valence-electron chi connectivity index (χ2n) is 4.48. The van der Waals surface area contributed by atoms with Crippen molar-refractivity contribution in [1.29, 1.82) is 0 Å². The zero-order valence-electron chi connectivity index (χ0n) is 11.4. The standard InChI is InChI=1S/C15H10Br2ClN3O/c1-22-13-3-2-9(18)6-12(13)21-15-10-4-8(16)5-11(17)14(10)19-7-20-15/h2-7H,1H3,(H,19,20,21). The van der Waals surface area contributed by atoms with Crippen molar-refractivity contribution in [2.75, 3.05) is 12.4 Å². The summed E-state index contributed by atoms with van der Waals surface area (Å²) >= 11 is 13.1. The molecule has 2 aromatic carbocycles. The number of halogens is 3. The highest BCUT2D eigenvalue weighted by molar-refractivity contribution is 9.11. The molecule has 22 heavy (non-hydrogen) atoms. The van der Waals surface area contributed by atoms with Crippen LogP contribution in [-0.4, -0.2) is 17.1 Å². The predicted octanol–water partition coefficient (Wildman–Crippen LogP) is 5.56. The molecule has 0 fully saturated rings. The summed E-state index contributed by atoms with van der Waals surface area (Å²) in [6.45, 7) is 0. The first-order valence-electron chi connectivity index (χ1n) is 6.29. The number of fused-ring (bicyclic) bond motifs is 1. The molecule has 0 radical (unpaired) electrons. The summed E-state index contributed by atoms with van der Waals surface area (Å²) < 4.78 is 7.17. The van der Waals surface area contributed by atoms with Crippen molar-refractivity contribution >= 4 is 65.9 Å². The monoisotopic (exact) mass is 441 g/mol. The highest BCUT2D eigenvalue weighted by atomic mass is 79.9. The van der Waals surface area contributed by atoms with E-state index in [1.54, 1.807) is 25.3 Å². The number of hydrogen-bond acceptors (Lipinski definition) is 4. The van der Waals surface area contributed by atoms with Gasteiger partial charge in [-0.1, -0.05) is 27.5 Å². The van der Waals surface area contributed by atoms with Crippen LogP contribution in [0, 0.1) is 0 Å². The predicted molar refractivity (Wildman–Crippen MR) is 96.2 cm³/mol.